The number of allylic oxidation sites excluding steroid dienone is 1. The van der Waals surface area contributed by atoms with Crippen molar-refractivity contribution >= 4 is 22.7 Å². The Hall–Kier alpha value is -4.76. The van der Waals surface area contributed by atoms with E-state index < -0.39 is 10.8 Å². The Kier molecular flexibility index (Phi) is 5.13. The number of aliphatic imine (C=N–C) groups is 1. The molecular formula is C27H17N3O3. The normalized spacial score (nSPS) is 15.2. The van der Waals surface area contributed by atoms with E-state index in [2.05, 4.69) is 11.1 Å². The topological polar surface area (TPSA) is 88.5 Å². The minimum absolute atomic E-state index is 0.00523. The van der Waals surface area contributed by atoms with Crippen LogP contribution in [0.5, 0.6) is 5.75 Å². The van der Waals surface area contributed by atoms with E-state index in [0.29, 0.717) is 11.3 Å². The highest BCUT2D eigenvalue weighted by molar-refractivity contribution is 5.91. The number of rotatable bonds is 4. The largest absolute Gasteiger partial charge is 0.437 e. The fraction of sp³-hybridized carbons (Fsp3) is 0.0370. The number of hydrogen-bond donors (Lipinski definition) is 0. The molecule has 0 saturated carbocycles. The van der Waals surface area contributed by atoms with Gasteiger partial charge in [0.1, 0.15) is 17.4 Å². The van der Waals surface area contributed by atoms with Gasteiger partial charge in [0.15, 0.2) is 0 Å². The van der Waals surface area contributed by atoms with Crippen molar-refractivity contribution in [3.63, 3.8) is 0 Å². The summed E-state index contributed by atoms with van der Waals surface area (Å²) < 4.78 is 6.24. The number of nitrogens with zero attached hydrogens (tertiary/aromatic N) is 3. The number of nitro groups is 1. The molecule has 158 valence electrons. The average molecular weight is 431 g/mol. The molecule has 1 atom stereocenters. The van der Waals surface area contributed by atoms with Crippen molar-refractivity contribution in [2.45, 2.75) is 5.92 Å². The maximum absolute atomic E-state index is 11.1. The van der Waals surface area contributed by atoms with Gasteiger partial charge in [0, 0.05) is 29.3 Å². The number of hydrogen-bond acceptors (Lipinski definition) is 5. The van der Waals surface area contributed by atoms with Gasteiger partial charge in [-0.25, -0.2) is 4.99 Å². The summed E-state index contributed by atoms with van der Waals surface area (Å²) in [5.74, 6) is 0.385. The average Bonchev–Trinajstić information content (AvgIpc) is 2.87. The van der Waals surface area contributed by atoms with E-state index in [1.807, 2.05) is 66.7 Å². The predicted molar refractivity (Wildman–Crippen MR) is 126 cm³/mol. The van der Waals surface area contributed by atoms with Gasteiger partial charge < -0.3 is 4.74 Å². The Morgan fingerprint density at radius 3 is 2.39 bits per heavy atom. The molecule has 0 spiro atoms. The molecule has 6 nitrogen and oxygen atoms in total. The molecule has 0 N–H and O–H groups in total. The summed E-state index contributed by atoms with van der Waals surface area (Å²) in [4.78, 5) is 15.2. The first kappa shape index (κ1) is 20.2. The number of non-ortho nitro benzene ring substituents is 1. The number of fused-ring (bicyclic) bond motifs is 3. The molecule has 6 heteroatoms. The third kappa shape index (κ3) is 3.73. The summed E-state index contributed by atoms with van der Waals surface area (Å²) in [6, 6.07) is 29.9. The summed E-state index contributed by atoms with van der Waals surface area (Å²) in [5.41, 5.74) is 2.79. The highest BCUT2D eigenvalue weighted by Crippen LogP contribution is 2.46. The third-order valence-corrected chi connectivity index (χ3v) is 5.63. The standard InChI is InChI=1S/C27H17N3O3/c28-16-24-25(20-10-13-21(14-11-20)30(31)32)23-15-12-19-8-4-5-9-22(19)26(23)33-27(24)29-17-18-6-2-1-3-7-18/h1-15,17,25H/b29-17+. The van der Waals surface area contributed by atoms with Gasteiger partial charge in [0.2, 0.25) is 5.88 Å². The SMILES string of the molecule is N#CC1=C(/N=C/c2ccccc2)Oc2c(ccc3ccccc23)C1c1ccc([N+](=O)[O-])cc1. The Bertz CT molecular complexity index is 1470. The van der Waals surface area contributed by atoms with Crippen molar-refractivity contribution in [1.29, 1.82) is 5.26 Å². The van der Waals surface area contributed by atoms with Crippen molar-refractivity contribution in [1.82, 2.24) is 0 Å². The first-order chi connectivity index (χ1) is 16.2. The van der Waals surface area contributed by atoms with Gasteiger partial charge in [-0.2, -0.15) is 5.26 Å². The predicted octanol–water partition coefficient (Wildman–Crippen LogP) is 6.13. The van der Waals surface area contributed by atoms with Crippen LogP contribution in [0.15, 0.2) is 107 Å². The lowest BCUT2D eigenvalue weighted by molar-refractivity contribution is -0.384. The van der Waals surface area contributed by atoms with Crippen LogP contribution in [0.3, 0.4) is 0 Å². The first-order valence-electron chi connectivity index (χ1n) is 10.3. The second-order valence-corrected chi connectivity index (χ2v) is 7.59. The van der Waals surface area contributed by atoms with Crippen molar-refractivity contribution in [2.75, 3.05) is 0 Å². The second kappa shape index (κ2) is 8.40. The lowest BCUT2D eigenvalue weighted by Crippen LogP contribution is -2.16. The van der Waals surface area contributed by atoms with Crippen LogP contribution in [-0.4, -0.2) is 11.1 Å². The van der Waals surface area contributed by atoms with E-state index in [9.17, 15) is 15.4 Å². The summed E-state index contributed by atoms with van der Waals surface area (Å²) in [5, 5.41) is 23.1. The van der Waals surface area contributed by atoms with Crippen LogP contribution in [0.4, 0.5) is 5.69 Å². The molecule has 0 fully saturated rings. The molecule has 1 aliphatic heterocycles. The molecule has 0 radical (unpaired) electrons. The monoisotopic (exact) mass is 431 g/mol. The van der Waals surface area contributed by atoms with Crippen LogP contribution < -0.4 is 4.74 Å². The van der Waals surface area contributed by atoms with E-state index >= 15 is 0 Å². The molecule has 1 unspecified atom stereocenters. The number of nitriles is 1. The van der Waals surface area contributed by atoms with E-state index in [1.54, 1.807) is 18.3 Å². The molecule has 0 aromatic heterocycles. The molecule has 0 bridgehead atoms. The lowest BCUT2D eigenvalue weighted by atomic mass is 9.82. The molecule has 1 heterocycles. The minimum atomic E-state index is -0.466. The van der Waals surface area contributed by atoms with Crippen LogP contribution in [-0.2, 0) is 0 Å². The van der Waals surface area contributed by atoms with Crippen molar-refractivity contribution in [3.05, 3.63) is 129 Å². The third-order valence-electron chi connectivity index (χ3n) is 5.63. The van der Waals surface area contributed by atoms with Gasteiger partial charge in [0.25, 0.3) is 5.69 Å². The molecular weight excluding hydrogens is 414 g/mol. The van der Waals surface area contributed by atoms with Crippen molar-refractivity contribution in [3.8, 4) is 11.8 Å². The zero-order chi connectivity index (χ0) is 22.8. The maximum atomic E-state index is 11.1. The summed E-state index contributed by atoms with van der Waals surface area (Å²) in [6.07, 6.45) is 1.66. The smallest absolute Gasteiger partial charge is 0.269 e. The van der Waals surface area contributed by atoms with E-state index in [1.165, 1.54) is 12.1 Å². The molecule has 1 aliphatic rings. The zero-order valence-corrected chi connectivity index (χ0v) is 17.4. The van der Waals surface area contributed by atoms with Crippen LogP contribution in [0.2, 0.25) is 0 Å². The van der Waals surface area contributed by atoms with Crippen LogP contribution in [0.1, 0.15) is 22.6 Å². The number of nitro benzene ring substituents is 1. The first-order valence-corrected chi connectivity index (χ1v) is 10.3. The second-order valence-electron chi connectivity index (χ2n) is 7.59. The highest BCUT2D eigenvalue weighted by atomic mass is 16.6. The summed E-state index contributed by atoms with van der Waals surface area (Å²) in [7, 11) is 0. The van der Waals surface area contributed by atoms with Crippen LogP contribution in [0, 0.1) is 21.4 Å². The Balaban J connectivity index is 1.71. The fourth-order valence-electron chi connectivity index (χ4n) is 4.05. The molecule has 33 heavy (non-hydrogen) atoms. The fourth-order valence-corrected chi connectivity index (χ4v) is 4.05. The van der Waals surface area contributed by atoms with Gasteiger partial charge in [-0.05, 0) is 16.5 Å². The zero-order valence-electron chi connectivity index (χ0n) is 17.4. The van der Waals surface area contributed by atoms with Gasteiger partial charge in [0.05, 0.1) is 10.8 Å². The molecule has 4 aromatic carbocycles. The van der Waals surface area contributed by atoms with Gasteiger partial charge in [-0.15, -0.1) is 0 Å². The van der Waals surface area contributed by atoms with E-state index in [-0.39, 0.29) is 11.6 Å². The van der Waals surface area contributed by atoms with Crippen LogP contribution in [0.25, 0.3) is 10.8 Å². The minimum Gasteiger partial charge on any atom is -0.437 e. The van der Waals surface area contributed by atoms with E-state index in [0.717, 1.165) is 27.5 Å². The quantitative estimate of drug-likeness (QED) is 0.221. The van der Waals surface area contributed by atoms with Crippen LogP contribution >= 0.6 is 0 Å². The van der Waals surface area contributed by atoms with Gasteiger partial charge >= 0.3 is 0 Å². The highest BCUT2D eigenvalue weighted by Gasteiger charge is 2.32. The number of benzene rings is 4. The molecule has 4 aromatic rings. The van der Waals surface area contributed by atoms with E-state index in [4.69, 9.17) is 4.74 Å². The molecule has 5 rings (SSSR count). The summed E-state index contributed by atoms with van der Waals surface area (Å²) in [6.45, 7) is 0. The molecule has 0 aliphatic carbocycles. The Morgan fingerprint density at radius 1 is 0.939 bits per heavy atom. The Morgan fingerprint density at radius 2 is 1.67 bits per heavy atom. The maximum Gasteiger partial charge on any atom is 0.269 e. The van der Waals surface area contributed by atoms with Crippen molar-refractivity contribution < 1.29 is 9.66 Å². The molecule has 0 amide bonds. The number of ether oxygens (including phenoxy) is 1. The van der Waals surface area contributed by atoms with Gasteiger partial charge in [-0.3, -0.25) is 10.1 Å². The van der Waals surface area contributed by atoms with Crippen molar-refractivity contribution in [2.24, 2.45) is 4.99 Å². The van der Waals surface area contributed by atoms with Gasteiger partial charge in [-0.1, -0.05) is 78.9 Å². The summed E-state index contributed by atoms with van der Waals surface area (Å²) >= 11 is 0. The Labute approximate surface area is 189 Å². The molecule has 0 saturated heterocycles. The lowest BCUT2D eigenvalue weighted by Gasteiger charge is -2.27.